The van der Waals surface area contributed by atoms with E-state index >= 15 is 0 Å². The van der Waals surface area contributed by atoms with Crippen molar-refractivity contribution >= 4 is 29.1 Å². The number of pyridine rings is 1. The van der Waals surface area contributed by atoms with Crippen molar-refractivity contribution in [3.05, 3.63) is 28.0 Å². The monoisotopic (exact) mass is 258 g/mol. The molecule has 1 aromatic rings. The van der Waals surface area contributed by atoms with Crippen LogP contribution in [-0.2, 0) is 11.3 Å². The maximum Gasteiger partial charge on any atom is 0.223 e. The molecule has 0 aromatic carbocycles. The van der Waals surface area contributed by atoms with Crippen LogP contribution in [0.5, 0.6) is 0 Å². The summed E-state index contributed by atoms with van der Waals surface area (Å²) in [5, 5.41) is 0.933. The molecule has 0 spiro atoms. The van der Waals surface area contributed by atoms with Crippen molar-refractivity contribution in [1.29, 1.82) is 0 Å². The van der Waals surface area contributed by atoms with Gasteiger partial charge >= 0.3 is 0 Å². The molecule has 0 aliphatic carbocycles. The van der Waals surface area contributed by atoms with Crippen molar-refractivity contribution in [2.75, 3.05) is 6.54 Å². The number of carbonyl (C=O) groups is 1. The van der Waals surface area contributed by atoms with Crippen LogP contribution in [0.15, 0.2) is 12.3 Å². The van der Waals surface area contributed by atoms with Gasteiger partial charge in [0.25, 0.3) is 0 Å². The minimum absolute atomic E-state index is 0.179. The number of hydrogen-bond acceptors (Lipinski definition) is 2. The molecule has 2 rings (SSSR count). The zero-order chi connectivity index (χ0) is 11.7. The lowest BCUT2D eigenvalue weighted by molar-refractivity contribution is -0.128. The summed E-state index contributed by atoms with van der Waals surface area (Å²) in [6.07, 6.45) is 2.25. The van der Waals surface area contributed by atoms with E-state index in [0.717, 1.165) is 12.1 Å². The second-order valence-electron chi connectivity index (χ2n) is 4.18. The van der Waals surface area contributed by atoms with Crippen LogP contribution in [0.2, 0.25) is 10.2 Å². The Balaban J connectivity index is 2.12. The predicted octanol–water partition coefficient (Wildman–Crippen LogP) is 2.76. The zero-order valence-corrected chi connectivity index (χ0v) is 10.4. The number of likely N-dealkylation sites (tertiary alicyclic amines) is 1. The Morgan fingerprint density at radius 3 is 2.88 bits per heavy atom. The highest BCUT2D eigenvalue weighted by atomic mass is 35.5. The van der Waals surface area contributed by atoms with E-state index in [4.69, 9.17) is 23.2 Å². The minimum atomic E-state index is 0.179. The second kappa shape index (κ2) is 4.60. The van der Waals surface area contributed by atoms with Crippen molar-refractivity contribution in [3.63, 3.8) is 0 Å². The van der Waals surface area contributed by atoms with Gasteiger partial charge in [0.15, 0.2) is 0 Å². The highest BCUT2D eigenvalue weighted by Gasteiger charge is 2.26. The Morgan fingerprint density at radius 2 is 2.31 bits per heavy atom. The van der Waals surface area contributed by atoms with E-state index in [2.05, 4.69) is 11.9 Å². The summed E-state index contributed by atoms with van der Waals surface area (Å²) in [5.41, 5.74) is 0.841. The molecule has 1 aromatic heterocycles. The van der Waals surface area contributed by atoms with Gasteiger partial charge in [-0.3, -0.25) is 4.79 Å². The SMILES string of the molecule is CC1CC(=O)N(Cc2cnc(Cl)cc2Cl)C1. The van der Waals surface area contributed by atoms with Gasteiger partial charge in [-0.05, 0) is 12.0 Å². The van der Waals surface area contributed by atoms with Crippen LogP contribution in [0.3, 0.4) is 0 Å². The molecule has 0 bridgehead atoms. The zero-order valence-electron chi connectivity index (χ0n) is 8.91. The second-order valence-corrected chi connectivity index (χ2v) is 4.98. The fraction of sp³-hybridized carbons (Fsp3) is 0.455. The summed E-state index contributed by atoms with van der Waals surface area (Å²) < 4.78 is 0. The maximum absolute atomic E-state index is 11.6. The molecule has 1 atom stereocenters. The largest absolute Gasteiger partial charge is 0.338 e. The molecule has 1 fully saturated rings. The van der Waals surface area contributed by atoms with Gasteiger partial charge in [0.2, 0.25) is 5.91 Å². The van der Waals surface area contributed by atoms with E-state index in [1.165, 1.54) is 0 Å². The maximum atomic E-state index is 11.6. The standard InChI is InChI=1S/C11H12Cl2N2O/c1-7-2-11(16)15(5-7)6-8-4-14-10(13)3-9(8)12/h3-4,7H,2,5-6H2,1H3. The van der Waals surface area contributed by atoms with Gasteiger partial charge in [-0.2, -0.15) is 0 Å². The smallest absolute Gasteiger partial charge is 0.223 e. The quantitative estimate of drug-likeness (QED) is 0.765. The summed E-state index contributed by atoms with van der Waals surface area (Å²) >= 11 is 11.7. The van der Waals surface area contributed by atoms with Gasteiger partial charge in [-0.15, -0.1) is 0 Å². The fourth-order valence-corrected chi connectivity index (χ4v) is 2.31. The lowest BCUT2D eigenvalue weighted by Crippen LogP contribution is -2.24. The number of carbonyl (C=O) groups excluding carboxylic acids is 1. The summed E-state index contributed by atoms with van der Waals surface area (Å²) in [4.78, 5) is 17.4. The molecule has 1 aliphatic rings. The Kier molecular flexibility index (Phi) is 3.36. The molecule has 1 unspecified atom stereocenters. The molecule has 0 N–H and O–H groups in total. The molecular weight excluding hydrogens is 247 g/mol. The van der Waals surface area contributed by atoms with Gasteiger partial charge in [-0.25, -0.2) is 4.98 Å². The third kappa shape index (κ3) is 2.47. The highest BCUT2D eigenvalue weighted by Crippen LogP contribution is 2.24. The van der Waals surface area contributed by atoms with Crippen LogP contribution in [0.25, 0.3) is 0 Å². The molecule has 1 aliphatic heterocycles. The average molecular weight is 259 g/mol. The fourth-order valence-electron chi connectivity index (χ4n) is 1.88. The molecule has 3 nitrogen and oxygen atoms in total. The van der Waals surface area contributed by atoms with E-state index in [1.807, 2.05) is 4.90 Å². The number of hydrogen-bond donors (Lipinski definition) is 0. The third-order valence-electron chi connectivity index (χ3n) is 2.67. The summed E-state index contributed by atoms with van der Waals surface area (Å²) in [5.74, 6) is 0.602. The topological polar surface area (TPSA) is 33.2 Å². The van der Waals surface area contributed by atoms with E-state index in [0.29, 0.717) is 29.1 Å². The highest BCUT2D eigenvalue weighted by molar-refractivity contribution is 6.34. The number of amides is 1. The lowest BCUT2D eigenvalue weighted by atomic mass is 10.2. The Bertz CT molecular complexity index is 422. The minimum Gasteiger partial charge on any atom is -0.338 e. The van der Waals surface area contributed by atoms with Crippen molar-refractivity contribution in [3.8, 4) is 0 Å². The summed E-state index contributed by atoms with van der Waals surface area (Å²) in [7, 11) is 0. The molecule has 0 radical (unpaired) electrons. The third-order valence-corrected chi connectivity index (χ3v) is 3.22. The molecule has 5 heteroatoms. The van der Waals surface area contributed by atoms with Crippen molar-refractivity contribution < 1.29 is 4.79 Å². The molecule has 0 saturated carbocycles. The van der Waals surface area contributed by atoms with Crippen molar-refractivity contribution in [2.24, 2.45) is 5.92 Å². The van der Waals surface area contributed by atoms with Gasteiger partial charge in [0.05, 0.1) is 5.02 Å². The van der Waals surface area contributed by atoms with Crippen LogP contribution < -0.4 is 0 Å². The predicted molar refractivity (Wildman–Crippen MR) is 63.5 cm³/mol. The molecule has 16 heavy (non-hydrogen) atoms. The van der Waals surface area contributed by atoms with Crippen molar-refractivity contribution in [1.82, 2.24) is 9.88 Å². The van der Waals surface area contributed by atoms with Gasteiger partial charge in [0, 0.05) is 31.3 Å². The first-order chi connectivity index (χ1) is 7.56. The summed E-state index contributed by atoms with van der Waals surface area (Å²) in [6.45, 7) is 3.38. The van der Waals surface area contributed by atoms with E-state index in [-0.39, 0.29) is 5.91 Å². The molecule has 2 heterocycles. The molecule has 1 amide bonds. The first-order valence-electron chi connectivity index (χ1n) is 5.14. The summed E-state index contributed by atoms with van der Waals surface area (Å²) in [6, 6.07) is 1.60. The molecule has 86 valence electrons. The van der Waals surface area contributed by atoms with Crippen molar-refractivity contribution in [2.45, 2.75) is 19.9 Å². The van der Waals surface area contributed by atoms with Gasteiger partial charge < -0.3 is 4.90 Å². The van der Waals surface area contributed by atoms with Crippen LogP contribution in [-0.4, -0.2) is 22.3 Å². The Hall–Kier alpha value is -0.800. The van der Waals surface area contributed by atoms with Crippen LogP contribution in [0.1, 0.15) is 18.9 Å². The van der Waals surface area contributed by atoms with E-state index in [1.54, 1.807) is 12.3 Å². The average Bonchev–Trinajstić information content (AvgIpc) is 2.50. The number of aromatic nitrogens is 1. The molecular formula is C11H12Cl2N2O. The number of halogens is 2. The number of nitrogens with zero attached hydrogens (tertiary/aromatic N) is 2. The van der Waals surface area contributed by atoms with Gasteiger partial charge in [-0.1, -0.05) is 30.1 Å². The normalized spacial score (nSPS) is 20.6. The van der Waals surface area contributed by atoms with Crippen LogP contribution >= 0.6 is 23.2 Å². The van der Waals surface area contributed by atoms with Crippen LogP contribution in [0.4, 0.5) is 0 Å². The Morgan fingerprint density at radius 1 is 1.56 bits per heavy atom. The van der Waals surface area contributed by atoms with Gasteiger partial charge in [0.1, 0.15) is 5.15 Å². The number of rotatable bonds is 2. The van der Waals surface area contributed by atoms with E-state index < -0.39 is 0 Å². The van der Waals surface area contributed by atoms with E-state index in [9.17, 15) is 4.79 Å². The molecule has 1 saturated heterocycles. The first kappa shape index (κ1) is 11.7. The Labute approximate surface area is 104 Å². The lowest BCUT2D eigenvalue weighted by Gasteiger charge is -2.16. The van der Waals surface area contributed by atoms with Crippen LogP contribution in [0, 0.1) is 5.92 Å². The first-order valence-corrected chi connectivity index (χ1v) is 5.89.